The fourth-order valence-corrected chi connectivity index (χ4v) is 5.29. The predicted molar refractivity (Wildman–Crippen MR) is 151 cm³/mol. The standard InChI is InChI=1S/C17H22O3.C14H17BrO3/c1-10(2)20-16-9-14(12-6-7-12)13(11-4-5-11)8-15(16)17(18)19-3;1-8(2)18-13-7-10(9-4-5-9)12(15)6-11(13)14(16)17-3/h8-12H,4-7H2,1-3H3;6-9H,4-5H2,1-3H3. The second kappa shape index (κ2) is 12.1. The topological polar surface area (TPSA) is 71.1 Å². The zero-order valence-corrected chi connectivity index (χ0v) is 24.9. The Morgan fingerprint density at radius 2 is 1.03 bits per heavy atom. The summed E-state index contributed by atoms with van der Waals surface area (Å²) in [5, 5.41) is 0. The van der Waals surface area contributed by atoms with Crippen LogP contribution >= 0.6 is 15.9 Å². The van der Waals surface area contributed by atoms with Crippen molar-refractivity contribution in [3.63, 3.8) is 0 Å². The maximum absolute atomic E-state index is 12.0. The van der Waals surface area contributed by atoms with Crippen molar-refractivity contribution in [2.45, 2.75) is 96.2 Å². The van der Waals surface area contributed by atoms with Gasteiger partial charge in [0.05, 0.1) is 26.4 Å². The number of hydrogen-bond acceptors (Lipinski definition) is 6. The van der Waals surface area contributed by atoms with Gasteiger partial charge < -0.3 is 18.9 Å². The third-order valence-electron chi connectivity index (χ3n) is 6.87. The molecule has 6 nitrogen and oxygen atoms in total. The molecule has 0 spiro atoms. The Morgan fingerprint density at radius 1 is 0.658 bits per heavy atom. The van der Waals surface area contributed by atoms with Gasteiger partial charge in [0.15, 0.2) is 0 Å². The van der Waals surface area contributed by atoms with Crippen LogP contribution in [0.5, 0.6) is 11.5 Å². The largest absolute Gasteiger partial charge is 0.490 e. The number of methoxy groups -OCH3 is 2. The summed E-state index contributed by atoms with van der Waals surface area (Å²) in [6, 6.07) is 7.89. The van der Waals surface area contributed by atoms with Gasteiger partial charge in [0.2, 0.25) is 0 Å². The van der Waals surface area contributed by atoms with Gasteiger partial charge in [0.25, 0.3) is 0 Å². The molecule has 0 bridgehead atoms. The van der Waals surface area contributed by atoms with Crippen LogP contribution in [0.2, 0.25) is 0 Å². The number of rotatable bonds is 9. The van der Waals surface area contributed by atoms with E-state index in [1.807, 2.05) is 39.8 Å². The highest BCUT2D eigenvalue weighted by Gasteiger charge is 2.35. The fraction of sp³-hybridized carbons (Fsp3) is 0.548. The second-order valence-electron chi connectivity index (χ2n) is 11.0. The van der Waals surface area contributed by atoms with Crippen molar-refractivity contribution in [2.24, 2.45) is 0 Å². The highest BCUT2D eigenvalue weighted by molar-refractivity contribution is 9.10. The van der Waals surface area contributed by atoms with E-state index in [0.717, 1.165) is 4.47 Å². The van der Waals surface area contributed by atoms with Crippen molar-refractivity contribution in [3.8, 4) is 11.5 Å². The van der Waals surface area contributed by atoms with E-state index in [1.54, 1.807) is 6.07 Å². The molecule has 3 saturated carbocycles. The molecular formula is C31H39BrO6. The van der Waals surface area contributed by atoms with Crippen LogP contribution in [-0.4, -0.2) is 38.4 Å². The maximum atomic E-state index is 12.0. The minimum atomic E-state index is -0.367. The molecule has 38 heavy (non-hydrogen) atoms. The molecule has 0 amide bonds. The Labute approximate surface area is 234 Å². The van der Waals surface area contributed by atoms with E-state index >= 15 is 0 Å². The number of benzene rings is 2. The summed E-state index contributed by atoms with van der Waals surface area (Å²) >= 11 is 3.52. The van der Waals surface area contributed by atoms with E-state index in [0.29, 0.717) is 40.4 Å². The number of halogens is 1. The lowest BCUT2D eigenvalue weighted by atomic mass is 9.96. The number of hydrogen-bond donors (Lipinski definition) is 0. The van der Waals surface area contributed by atoms with Gasteiger partial charge in [-0.25, -0.2) is 9.59 Å². The Balaban J connectivity index is 0.000000178. The van der Waals surface area contributed by atoms with E-state index in [1.165, 1.54) is 69.4 Å². The van der Waals surface area contributed by atoms with Crippen LogP contribution in [-0.2, 0) is 9.47 Å². The molecule has 206 valence electrons. The van der Waals surface area contributed by atoms with Gasteiger partial charge in [0, 0.05) is 4.47 Å². The third kappa shape index (κ3) is 7.10. The van der Waals surface area contributed by atoms with Gasteiger partial charge >= 0.3 is 11.9 Å². The number of carbonyl (C=O) groups excluding carboxylic acids is 2. The molecule has 0 aliphatic heterocycles. The summed E-state index contributed by atoms with van der Waals surface area (Å²) in [6.45, 7) is 7.85. The first-order valence-corrected chi connectivity index (χ1v) is 14.4. The summed E-state index contributed by atoms with van der Waals surface area (Å²) in [5.74, 6) is 2.54. The van der Waals surface area contributed by atoms with E-state index in [9.17, 15) is 9.59 Å². The van der Waals surface area contributed by atoms with Crippen LogP contribution in [0.4, 0.5) is 0 Å². The summed E-state index contributed by atoms with van der Waals surface area (Å²) in [7, 11) is 2.80. The molecule has 7 heteroatoms. The molecule has 0 N–H and O–H groups in total. The van der Waals surface area contributed by atoms with Crippen molar-refractivity contribution >= 4 is 27.9 Å². The van der Waals surface area contributed by atoms with E-state index < -0.39 is 0 Å². The normalized spacial score (nSPS) is 16.6. The molecule has 0 atom stereocenters. The Kier molecular flexibility index (Phi) is 9.07. The van der Waals surface area contributed by atoms with Crippen molar-refractivity contribution in [1.82, 2.24) is 0 Å². The van der Waals surface area contributed by atoms with Gasteiger partial charge in [-0.3, -0.25) is 0 Å². The van der Waals surface area contributed by atoms with Crippen LogP contribution in [0.25, 0.3) is 0 Å². The molecule has 3 aliphatic rings. The minimum absolute atomic E-state index is 0.0293. The third-order valence-corrected chi connectivity index (χ3v) is 7.56. The van der Waals surface area contributed by atoms with Crippen LogP contribution < -0.4 is 9.47 Å². The molecule has 2 aromatic carbocycles. The number of ether oxygens (including phenoxy) is 4. The van der Waals surface area contributed by atoms with Gasteiger partial charge in [-0.15, -0.1) is 0 Å². The van der Waals surface area contributed by atoms with Crippen molar-refractivity contribution < 1.29 is 28.5 Å². The molecule has 3 aliphatic carbocycles. The van der Waals surface area contributed by atoms with Gasteiger partial charge in [0.1, 0.15) is 22.6 Å². The summed E-state index contributed by atoms with van der Waals surface area (Å²) in [6.07, 6.45) is 7.50. The van der Waals surface area contributed by atoms with Crippen LogP contribution in [0.15, 0.2) is 28.7 Å². The Bertz CT molecular complexity index is 1180. The van der Waals surface area contributed by atoms with Crippen molar-refractivity contribution in [2.75, 3.05) is 14.2 Å². The molecule has 5 rings (SSSR count). The van der Waals surface area contributed by atoms with E-state index in [4.69, 9.17) is 18.9 Å². The summed E-state index contributed by atoms with van der Waals surface area (Å²) in [5.41, 5.74) is 5.02. The lowest BCUT2D eigenvalue weighted by molar-refractivity contribution is 0.0584. The van der Waals surface area contributed by atoms with Crippen molar-refractivity contribution in [3.05, 3.63) is 56.6 Å². The maximum Gasteiger partial charge on any atom is 0.341 e. The summed E-state index contributed by atoms with van der Waals surface area (Å²) in [4.78, 5) is 23.7. The smallest absolute Gasteiger partial charge is 0.341 e. The quantitative estimate of drug-likeness (QED) is 0.278. The molecule has 0 heterocycles. The Hall–Kier alpha value is -2.54. The van der Waals surface area contributed by atoms with Gasteiger partial charge in [-0.05, 0) is 125 Å². The zero-order valence-electron chi connectivity index (χ0n) is 23.3. The average molecular weight is 588 g/mol. The monoisotopic (exact) mass is 586 g/mol. The lowest BCUT2D eigenvalue weighted by Crippen LogP contribution is -2.12. The molecular weight excluding hydrogens is 548 g/mol. The predicted octanol–water partition coefficient (Wildman–Crippen LogP) is 7.92. The highest BCUT2D eigenvalue weighted by Crippen LogP contribution is 2.51. The molecule has 0 saturated heterocycles. The van der Waals surface area contributed by atoms with Gasteiger partial charge in [-0.1, -0.05) is 15.9 Å². The highest BCUT2D eigenvalue weighted by atomic mass is 79.9. The lowest BCUT2D eigenvalue weighted by Gasteiger charge is -2.17. The van der Waals surface area contributed by atoms with E-state index in [-0.39, 0.29) is 24.1 Å². The van der Waals surface area contributed by atoms with Crippen LogP contribution in [0.3, 0.4) is 0 Å². The number of esters is 2. The minimum Gasteiger partial charge on any atom is -0.490 e. The first-order chi connectivity index (χ1) is 18.1. The fourth-order valence-electron chi connectivity index (χ4n) is 4.63. The molecule has 0 radical (unpaired) electrons. The zero-order chi connectivity index (χ0) is 27.6. The second-order valence-corrected chi connectivity index (χ2v) is 11.8. The Morgan fingerprint density at radius 3 is 1.42 bits per heavy atom. The first kappa shape index (κ1) is 28.5. The molecule has 2 aromatic rings. The SMILES string of the molecule is COC(=O)c1cc(Br)c(C2CC2)cc1OC(C)C.COC(=O)c1cc(C2CC2)c(C2CC2)cc1OC(C)C. The molecule has 0 unspecified atom stereocenters. The number of carbonyl (C=O) groups is 2. The van der Waals surface area contributed by atoms with Crippen molar-refractivity contribution in [1.29, 1.82) is 0 Å². The molecule has 3 fully saturated rings. The van der Waals surface area contributed by atoms with Crippen LogP contribution in [0, 0.1) is 0 Å². The molecule has 0 aromatic heterocycles. The average Bonchev–Trinajstić information content (AvgIpc) is 3.70. The first-order valence-electron chi connectivity index (χ1n) is 13.6. The van der Waals surface area contributed by atoms with Crippen LogP contribution in [0.1, 0.15) is 121 Å². The summed E-state index contributed by atoms with van der Waals surface area (Å²) < 4.78 is 22.2. The van der Waals surface area contributed by atoms with E-state index in [2.05, 4.69) is 22.0 Å². The van der Waals surface area contributed by atoms with Gasteiger partial charge in [-0.2, -0.15) is 0 Å².